The van der Waals surface area contributed by atoms with Gasteiger partial charge in [-0.05, 0) is 61.7 Å². The summed E-state index contributed by atoms with van der Waals surface area (Å²) in [6, 6.07) is 10.5. The number of carbonyl (C=O) groups is 1. The van der Waals surface area contributed by atoms with Crippen molar-refractivity contribution in [3.63, 3.8) is 0 Å². The van der Waals surface area contributed by atoms with E-state index in [2.05, 4.69) is 4.98 Å². The highest BCUT2D eigenvalue weighted by atomic mass is 32.2. The van der Waals surface area contributed by atoms with Crippen LogP contribution in [0, 0.1) is 13.8 Å². The Morgan fingerprint density at radius 2 is 1.77 bits per heavy atom. The lowest BCUT2D eigenvalue weighted by atomic mass is 10.1. The molecule has 4 rings (SSSR count). The predicted octanol–water partition coefficient (Wildman–Crippen LogP) is 3.64. The zero-order valence-corrected chi connectivity index (χ0v) is 15.4. The number of pyridine rings is 1. The van der Waals surface area contributed by atoms with Gasteiger partial charge in [-0.3, -0.25) is 4.79 Å². The maximum absolute atomic E-state index is 13.1. The van der Waals surface area contributed by atoms with Crippen LogP contribution in [0.5, 0.6) is 0 Å². The van der Waals surface area contributed by atoms with Gasteiger partial charge < -0.3 is 0 Å². The molecule has 5 nitrogen and oxygen atoms in total. The smallest absolute Gasteiger partial charge is 0.269 e. The third-order valence-electron chi connectivity index (χ3n) is 4.68. The van der Waals surface area contributed by atoms with Crippen molar-refractivity contribution in [2.24, 2.45) is 0 Å². The molecule has 0 saturated heterocycles. The minimum atomic E-state index is -3.72. The first-order valence-electron chi connectivity index (χ1n) is 8.40. The summed E-state index contributed by atoms with van der Waals surface area (Å²) in [6.45, 7) is 3.67. The van der Waals surface area contributed by atoms with Gasteiger partial charge in [0.2, 0.25) is 0 Å². The largest absolute Gasteiger partial charge is 0.295 e. The summed E-state index contributed by atoms with van der Waals surface area (Å²) in [5.74, 6) is 0.121. The first-order chi connectivity index (χ1) is 12.4. The van der Waals surface area contributed by atoms with Gasteiger partial charge in [0.25, 0.3) is 10.0 Å². The number of aryl methyl sites for hydroxylation is 2. The second-order valence-corrected chi connectivity index (χ2v) is 8.43. The van der Waals surface area contributed by atoms with Crippen molar-refractivity contribution in [1.82, 2.24) is 8.96 Å². The monoisotopic (exact) mass is 366 g/mol. The third-order valence-corrected chi connectivity index (χ3v) is 6.49. The molecule has 0 bridgehead atoms. The molecule has 1 aromatic carbocycles. The second-order valence-electron chi connectivity index (χ2n) is 6.64. The van der Waals surface area contributed by atoms with Crippen LogP contribution in [0.4, 0.5) is 0 Å². The van der Waals surface area contributed by atoms with E-state index in [-0.39, 0.29) is 10.7 Å². The first-order valence-corrected chi connectivity index (χ1v) is 9.84. The van der Waals surface area contributed by atoms with E-state index < -0.39 is 10.0 Å². The number of ketones is 1. The van der Waals surface area contributed by atoms with Crippen LogP contribution in [-0.4, -0.2) is 23.2 Å². The average Bonchev–Trinajstić information content (AvgIpc) is 3.17. The summed E-state index contributed by atoms with van der Waals surface area (Å²) in [6.07, 6.45) is 4.52. The molecule has 3 aromatic rings. The minimum Gasteiger partial charge on any atom is -0.295 e. The molecule has 0 aliphatic heterocycles. The Hall–Kier alpha value is -2.73. The van der Waals surface area contributed by atoms with Crippen LogP contribution in [0.25, 0.3) is 16.6 Å². The molecule has 1 aliphatic carbocycles. The van der Waals surface area contributed by atoms with Gasteiger partial charge in [-0.25, -0.2) is 17.4 Å². The molecular weight excluding hydrogens is 348 g/mol. The summed E-state index contributed by atoms with van der Waals surface area (Å²) >= 11 is 0. The first kappa shape index (κ1) is 16.7. The topological polar surface area (TPSA) is 69.0 Å². The van der Waals surface area contributed by atoms with Crippen molar-refractivity contribution in [2.45, 2.75) is 31.6 Å². The van der Waals surface area contributed by atoms with Gasteiger partial charge in [-0.1, -0.05) is 17.7 Å². The fraction of sp³-hybridized carbons (Fsp3) is 0.200. The van der Waals surface area contributed by atoms with Gasteiger partial charge in [0.05, 0.1) is 4.90 Å². The lowest BCUT2D eigenvalue weighted by molar-refractivity contribution is -0.114. The molecule has 2 heterocycles. The number of hydrogen-bond acceptors (Lipinski definition) is 4. The molecule has 132 valence electrons. The van der Waals surface area contributed by atoms with Gasteiger partial charge in [0.1, 0.15) is 0 Å². The Balaban J connectivity index is 1.86. The van der Waals surface area contributed by atoms with E-state index in [1.807, 2.05) is 19.1 Å². The molecule has 0 unspecified atom stereocenters. The average molecular weight is 366 g/mol. The maximum atomic E-state index is 13.1. The van der Waals surface area contributed by atoms with Crippen molar-refractivity contribution < 1.29 is 13.2 Å². The Kier molecular flexibility index (Phi) is 3.80. The van der Waals surface area contributed by atoms with Crippen LogP contribution < -0.4 is 0 Å². The summed E-state index contributed by atoms with van der Waals surface area (Å²) < 4.78 is 27.5. The third kappa shape index (κ3) is 2.66. The van der Waals surface area contributed by atoms with Crippen molar-refractivity contribution in [2.75, 3.05) is 0 Å². The van der Waals surface area contributed by atoms with E-state index >= 15 is 0 Å². The quantitative estimate of drug-likeness (QED) is 0.710. The zero-order valence-electron chi connectivity index (χ0n) is 14.6. The molecule has 0 amide bonds. The number of fused-ring (bicyclic) bond motifs is 1. The lowest BCUT2D eigenvalue weighted by Crippen LogP contribution is -2.14. The van der Waals surface area contributed by atoms with Crippen molar-refractivity contribution >= 4 is 32.4 Å². The SMILES string of the molecule is Cc1ccc(S(=O)(=O)n2c(C)cc3cc(C4=CC(=O)CC4)cnc32)cc1. The van der Waals surface area contributed by atoms with Gasteiger partial charge in [0.15, 0.2) is 11.4 Å². The van der Waals surface area contributed by atoms with E-state index in [4.69, 9.17) is 0 Å². The number of hydrogen-bond donors (Lipinski definition) is 0. The lowest BCUT2D eigenvalue weighted by Gasteiger charge is -2.10. The molecular formula is C20H18N2O3S. The van der Waals surface area contributed by atoms with Crippen LogP contribution in [0.3, 0.4) is 0 Å². The second kappa shape index (κ2) is 5.92. The van der Waals surface area contributed by atoms with Crippen molar-refractivity contribution in [3.05, 3.63) is 65.5 Å². The van der Waals surface area contributed by atoms with Crippen LogP contribution in [0.2, 0.25) is 0 Å². The molecule has 0 saturated carbocycles. The molecule has 0 fully saturated rings. The van der Waals surface area contributed by atoms with E-state index in [0.29, 0.717) is 24.2 Å². The Morgan fingerprint density at radius 1 is 1.04 bits per heavy atom. The molecule has 6 heteroatoms. The summed E-state index contributed by atoms with van der Waals surface area (Å²) in [5.41, 5.74) is 3.82. The van der Waals surface area contributed by atoms with E-state index in [0.717, 1.165) is 22.1 Å². The molecule has 0 atom stereocenters. The molecule has 0 spiro atoms. The molecule has 2 aromatic heterocycles. The normalized spacial score (nSPS) is 14.8. The molecule has 26 heavy (non-hydrogen) atoms. The number of benzene rings is 1. The van der Waals surface area contributed by atoms with E-state index in [1.54, 1.807) is 43.5 Å². The molecule has 0 N–H and O–H groups in total. The highest BCUT2D eigenvalue weighted by molar-refractivity contribution is 7.90. The van der Waals surface area contributed by atoms with E-state index in [9.17, 15) is 13.2 Å². The fourth-order valence-electron chi connectivity index (χ4n) is 3.32. The summed E-state index contributed by atoms with van der Waals surface area (Å²) in [4.78, 5) is 16.1. The van der Waals surface area contributed by atoms with Crippen LogP contribution in [0.1, 0.15) is 29.7 Å². The maximum Gasteiger partial charge on any atom is 0.269 e. The van der Waals surface area contributed by atoms with E-state index in [1.165, 1.54) is 3.97 Å². The summed E-state index contributed by atoms with van der Waals surface area (Å²) in [5, 5.41) is 0.746. The number of carbonyl (C=O) groups excluding carboxylic acids is 1. The van der Waals surface area contributed by atoms with Gasteiger partial charge in [-0.2, -0.15) is 0 Å². The number of aromatic nitrogens is 2. The van der Waals surface area contributed by atoms with Crippen molar-refractivity contribution in [3.8, 4) is 0 Å². The Morgan fingerprint density at radius 3 is 2.42 bits per heavy atom. The molecule has 0 radical (unpaired) electrons. The van der Waals surface area contributed by atoms with Crippen LogP contribution in [-0.2, 0) is 14.8 Å². The van der Waals surface area contributed by atoms with Gasteiger partial charge >= 0.3 is 0 Å². The zero-order chi connectivity index (χ0) is 18.5. The van der Waals surface area contributed by atoms with Crippen molar-refractivity contribution in [1.29, 1.82) is 0 Å². The number of allylic oxidation sites excluding steroid dienone is 2. The van der Waals surface area contributed by atoms with Crippen LogP contribution in [0.15, 0.2) is 53.6 Å². The number of nitrogens with zero attached hydrogens (tertiary/aromatic N) is 2. The minimum absolute atomic E-state index is 0.121. The highest BCUT2D eigenvalue weighted by Gasteiger charge is 2.23. The summed E-state index contributed by atoms with van der Waals surface area (Å²) in [7, 11) is -3.72. The van der Waals surface area contributed by atoms with Crippen LogP contribution >= 0.6 is 0 Å². The number of rotatable bonds is 3. The standard InChI is InChI=1S/C20H18N2O3S/c1-13-3-7-19(8-4-13)26(24,25)22-14(2)9-16-10-17(12-21-20(16)22)15-5-6-18(23)11-15/h3-4,7-12H,5-6H2,1-2H3. The predicted molar refractivity (Wildman–Crippen MR) is 100 cm³/mol. The Bertz CT molecular complexity index is 1170. The Labute approximate surface area is 152 Å². The fourth-order valence-corrected chi connectivity index (χ4v) is 4.82. The molecule has 1 aliphatic rings. The van der Waals surface area contributed by atoms with Gasteiger partial charge in [0, 0.05) is 23.7 Å². The van der Waals surface area contributed by atoms with Gasteiger partial charge in [-0.15, -0.1) is 0 Å². The highest BCUT2D eigenvalue weighted by Crippen LogP contribution is 2.30.